The predicted molar refractivity (Wildman–Crippen MR) is 72.3 cm³/mol. The summed E-state index contributed by atoms with van der Waals surface area (Å²) >= 11 is 6.19. The number of alkyl halides is 1. The molecule has 4 heteroatoms. The van der Waals surface area contributed by atoms with Crippen LogP contribution in [0.1, 0.15) is 16.6 Å². The summed E-state index contributed by atoms with van der Waals surface area (Å²) in [6.07, 6.45) is 1.84. The summed E-state index contributed by atoms with van der Waals surface area (Å²) in [5.74, 6) is -0.0996. The van der Waals surface area contributed by atoms with Crippen molar-refractivity contribution < 1.29 is 4.79 Å². The molecule has 0 fully saturated rings. The maximum Gasteiger partial charge on any atom is 0.245 e. The van der Waals surface area contributed by atoms with Crippen molar-refractivity contribution in [2.45, 2.75) is 11.9 Å². The fourth-order valence-electron chi connectivity index (χ4n) is 1.76. The van der Waals surface area contributed by atoms with Crippen LogP contribution in [0.2, 0.25) is 0 Å². The number of amides is 1. The number of benzene rings is 1. The number of H-pyrrole nitrogens is 1. The molecule has 1 unspecified atom stereocenters. The fraction of sp³-hybridized carbons (Fsp3) is 0.214. The van der Waals surface area contributed by atoms with Crippen molar-refractivity contribution in [1.82, 2.24) is 9.88 Å². The average molecular weight is 263 g/mol. The summed E-state index contributed by atoms with van der Waals surface area (Å²) in [5.41, 5.74) is 1.81. The van der Waals surface area contributed by atoms with Crippen LogP contribution in [-0.2, 0) is 11.3 Å². The molecule has 1 N–H and O–H groups in total. The number of aromatic amines is 1. The molecule has 1 amide bonds. The molecule has 1 aromatic heterocycles. The molecule has 0 aliphatic heterocycles. The highest BCUT2D eigenvalue weighted by Gasteiger charge is 2.21. The topological polar surface area (TPSA) is 36.1 Å². The Morgan fingerprint density at radius 1 is 1.28 bits per heavy atom. The lowest BCUT2D eigenvalue weighted by molar-refractivity contribution is -0.130. The summed E-state index contributed by atoms with van der Waals surface area (Å²) in [7, 11) is 1.75. The van der Waals surface area contributed by atoms with Gasteiger partial charge in [0.05, 0.1) is 6.54 Å². The molecule has 18 heavy (non-hydrogen) atoms. The third kappa shape index (κ3) is 2.93. The molecule has 0 radical (unpaired) electrons. The second kappa shape index (κ2) is 5.74. The maximum absolute atomic E-state index is 12.1. The minimum absolute atomic E-state index is 0.0996. The molecule has 1 heterocycles. The number of nitrogens with one attached hydrogen (secondary N) is 1. The van der Waals surface area contributed by atoms with Gasteiger partial charge >= 0.3 is 0 Å². The summed E-state index contributed by atoms with van der Waals surface area (Å²) < 4.78 is 0. The largest absolute Gasteiger partial charge is 0.364 e. The lowest BCUT2D eigenvalue weighted by Crippen LogP contribution is -2.29. The second-order valence-electron chi connectivity index (χ2n) is 4.16. The van der Waals surface area contributed by atoms with E-state index in [1.54, 1.807) is 11.9 Å². The van der Waals surface area contributed by atoms with E-state index in [0.29, 0.717) is 6.54 Å². The first kappa shape index (κ1) is 12.7. The molecule has 0 aliphatic rings. The van der Waals surface area contributed by atoms with E-state index in [0.717, 1.165) is 11.3 Å². The van der Waals surface area contributed by atoms with E-state index in [2.05, 4.69) is 4.98 Å². The van der Waals surface area contributed by atoms with Gasteiger partial charge in [-0.3, -0.25) is 4.79 Å². The summed E-state index contributed by atoms with van der Waals surface area (Å²) in [6, 6.07) is 13.2. The highest BCUT2D eigenvalue weighted by atomic mass is 35.5. The molecule has 2 rings (SSSR count). The highest BCUT2D eigenvalue weighted by Crippen LogP contribution is 2.22. The van der Waals surface area contributed by atoms with Crippen LogP contribution in [0.25, 0.3) is 0 Å². The molecule has 0 saturated heterocycles. The van der Waals surface area contributed by atoms with Crippen molar-refractivity contribution in [3.63, 3.8) is 0 Å². The predicted octanol–water partition coefficient (Wildman–Crippen LogP) is 2.95. The van der Waals surface area contributed by atoms with E-state index in [1.807, 2.05) is 48.7 Å². The Bertz CT molecular complexity index is 496. The van der Waals surface area contributed by atoms with Gasteiger partial charge in [0.1, 0.15) is 5.38 Å². The average Bonchev–Trinajstić information content (AvgIpc) is 2.91. The summed E-state index contributed by atoms with van der Waals surface area (Å²) in [6.45, 7) is 0.530. The number of hydrogen-bond acceptors (Lipinski definition) is 1. The van der Waals surface area contributed by atoms with Gasteiger partial charge in [0.2, 0.25) is 5.91 Å². The van der Waals surface area contributed by atoms with Gasteiger partial charge in [-0.25, -0.2) is 0 Å². The molecule has 2 aromatic rings. The first-order valence-electron chi connectivity index (χ1n) is 5.74. The van der Waals surface area contributed by atoms with Gasteiger partial charge in [-0.15, -0.1) is 11.6 Å². The van der Waals surface area contributed by atoms with Crippen molar-refractivity contribution in [3.05, 3.63) is 59.9 Å². The number of carbonyl (C=O) groups excluding carboxylic acids is 1. The lowest BCUT2D eigenvalue weighted by atomic mass is 10.1. The first-order chi connectivity index (χ1) is 8.68. The molecule has 0 spiro atoms. The number of hydrogen-bond donors (Lipinski definition) is 1. The molecule has 3 nitrogen and oxygen atoms in total. The Labute approximate surface area is 111 Å². The molecular formula is C14H15ClN2O. The molecule has 94 valence electrons. The second-order valence-corrected chi connectivity index (χ2v) is 4.60. The Kier molecular flexibility index (Phi) is 4.05. The van der Waals surface area contributed by atoms with Crippen molar-refractivity contribution in [3.8, 4) is 0 Å². The maximum atomic E-state index is 12.1. The van der Waals surface area contributed by atoms with Gasteiger partial charge in [-0.1, -0.05) is 30.3 Å². The van der Waals surface area contributed by atoms with E-state index in [1.165, 1.54) is 0 Å². The molecule has 0 aliphatic carbocycles. The third-order valence-corrected chi connectivity index (χ3v) is 3.19. The number of aromatic nitrogens is 1. The Morgan fingerprint density at radius 2 is 2.00 bits per heavy atom. The first-order valence-corrected chi connectivity index (χ1v) is 6.18. The normalized spacial score (nSPS) is 12.1. The summed E-state index contributed by atoms with van der Waals surface area (Å²) in [5, 5.41) is -0.633. The molecule has 0 bridgehead atoms. The molecule has 1 atom stereocenters. The summed E-state index contributed by atoms with van der Waals surface area (Å²) in [4.78, 5) is 16.8. The van der Waals surface area contributed by atoms with Gasteiger partial charge in [0.25, 0.3) is 0 Å². The number of nitrogens with zero attached hydrogens (tertiary/aromatic N) is 1. The van der Waals surface area contributed by atoms with E-state index >= 15 is 0 Å². The molecule has 1 aromatic carbocycles. The number of likely N-dealkylation sites (N-methyl/N-ethyl adjacent to an activating group) is 1. The fourth-order valence-corrected chi connectivity index (χ4v) is 2.07. The van der Waals surface area contributed by atoms with Crippen LogP contribution in [0, 0.1) is 0 Å². The van der Waals surface area contributed by atoms with Gasteiger partial charge < -0.3 is 9.88 Å². The van der Waals surface area contributed by atoms with Crippen LogP contribution in [0.5, 0.6) is 0 Å². The van der Waals surface area contributed by atoms with Crippen molar-refractivity contribution in [1.29, 1.82) is 0 Å². The number of carbonyl (C=O) groups is 1. The molecular weight excluding hydrogens is 248 g/mol. The van der Waals surface area contributed by atoms with E-state index in [-0.39, 0.29) is 5.91 Å². The van der Waals surface area contributed by atoms with E-state index < -0.39 is 5.38 Å². The quantitative estimate of drug-likeness (QED) is 0.845. The zero-order chi connectivity index (χ0) is 13.0. The van der Waals surface area contributed by atoms with E-state index in [9.17, 15) is 4.79 Å². The lowest BCUT2D eigenvalue weighted by Gasteiger charge is -2.19. The van der Waals surface area contributed by atoms with Gasteiger partial charge in [-0.05, 0) is 17.7 Å². The van der Waals surface area contributed by atoms with Crippen LogP contribution in [-0.4, -0.2) is 22.8 Å². The van der Waals surface area contributed by atoms with E-state index in [4.69, 9.17) is 11.6 Å². The van der Waals surface area contributed by atoms with Crippen LogP contribution < -0.4 is 0 Å². The smallest absolute Gasteiger partial charge is 0.245 e. The van der Waals surface area contributed by atoms with Crippen molar-refractivity contribution >= 4 is 17.5 Å². The third-order valence-electron chi connectivity index (χ3n) is 2.76. The monoisotopic (exact) mass is 262 g/mol. The van der Waals surface area contributed by atoms with Crippen LogP contribution >= 0.6 is 11.6 Å². The number of rotatable bonds is 4. The van der Waals surface area contributed by atoms with Crippen molar-refractivity contribution in [2.24, 2.45) is 0 Å². The van der Waals surface area contributed by atoms with Crippen LogP contribution in [0.4, 0.5) is 0 Å². The van der Waals surface area contributed by atoms with Gasteiger partial charge in [-0.2, -0.15) is 0 Å². The molecule has 0 saturated carbocycles. The standard InChI is InChI=1S/C14H15ClN2O/c1-17(10-12-8-5-9-16-12)14(18)13(15)11-6-3-2-4-7-11/h2-9,13,16H,10H2,1H3. The zero-order valence-electron chi connectivity index (χ0n) is 10.1. The van der Waals surface area contributed by atoms with Crippen LogP contribution in [0.3, 0.4) is 0 Å². The zero-order valence-corrected chi connectivity index (χ0v) is 10.9. The van der Waals surface area contributed by atoms with Crippen LogP contribution in [0.15, 0.2) is 48.7 Å². The SMILES string of the molecule is CN(Cc1ccc[nH]1)C(=O)C(Cl)c1ccccc1. The highest BCUT2D eigenvalue weighted by molar-refractivity contribution is 6.30. The minimum Gasteiger partial charge on any atom is -0.364 e. The van der Waals surface area contributed by atoms with Gasteiger partial charge in [0, 0.05) is 18.9 Å². The number of halogens is 1. The Morgan fingerprint density at radius 3 is 2.61 bits per heavy atom. The Hall–Kier alpha value is -1.74. The Balaban J connectivity index is 2.02. The van der Waals surface area contributed by atoms with Crippen molar-refractivity contribution in [2.75, 3.05) is 7.05 Å². The van der Waals surface area contributed by atoms with Gasteiger partial charge in [0.15, 0.2) is 0 Å². The minimum atomic E-state index is -0.633.